The maximum absolute atomic E-state index is 4.89. The van der Waals surface area contributed by atoms with Gasteiger partial charge in [0.05, 0.1) is 0 Å². The van der Waals surface area contributed by atoms with Gasteiger partial charge in [-0.05, 0) is 133 Å². The van der Waals surface area contributed by atoms with Gasteiger partial charge in [0, 0.05) is 5.41 Å². The Labute approximate surface area is 228 Å². The molecule has 3 atom stereocenters. The van der Waals surface area contributed by atoms with Crippen LogP contribution in [0, 0.1) is 29.1 Å². The molecule has 0 heteroatoms. The fourth-order valence-corrected chi connectivity index (χ4v) is 9.01. The van der Waals surface area contributed by atoms with E-state index < -0.39 is 0 Å². The molecule has 0 spiro atoms. The third-order valence-corrected chi connectivity index (χ3v) is 10.8. The first-order valence-corrected chi connectivity index (χ1v) is 14.7. The van der Waals surface area contributed by atoms with Crippen molar-refractivity contribution in [3.63, 3.8) is 0 Å². The molecule has 1 aromatic rings. The molecule has 0 saturated heterocycles. The smallest absolute Gasteiger partial charge is 0.0194 e. The summed E-state index contributed by atoms with van der Waals surface area (Å²) in [6.07, 6.45) is 8.22. The third-order valence-electron chi connectivity index (χ3n) is 10.8. The highest BCUT2D eigenvalue weighted by molar-refractivity contribution is 5.87. The van der Waals surface area contributed by atoms with Crippen molar-refractivity contribution < 1.29 is 0 Å². The summed E-state index contributed by atoms with van der Waals surface area (Å²) < 4.78 is 0. The Hall–Kier alpha value is -2.08. The van der Waals surface area contributed by atoms with Crippen LogP contribution in [0.1, 0.15) is 116 Å². The van der Waals surface area contributed by atoms with Gasteiger partial charge in [0.2, 0.25) is 0 Å². The molecule has 0 nitrogen and oxygen atoms in total. The van der Waals surface area contributed by atoms with Crippen molar-refractivity contribution in [1.82, 2.24) is 0 Å². The van der Waals surface area contributed by atoms with E-state index in [-0.39, 0.29) is 16.2 Å². The first kappa shape index (κ1) is 27.9. The maximum Gasteiger partial charge on any atom is 0.0194 e. The van der Waals surface area contributed by atoms with Crippen molar-refractivity contribution in [3.8, 4) is 0 Å². The highest BCUT2D eigenvalue weighted by Gasteiger charge is 2.59. The van der Waals surface area contributed by atoms with Crippen LogP contribution >= 0.6 is 0 Å². The third kappa shape index (κ3) is 4.00. The molecule has 1 aromatic carbocycles. The van der Waals surface area contributed by atoms with Crippen LogP contribution in [0.2, 0.25) is 0 Å². The molecule has 3 aliphatic rings. The van der Waals surface area contributed by atoms with Gasteiger partial charge in [-0.1, -0.05) is 90.5 Å². The lowest BCUT2D eigenvalue weighted by Gasteiger charge is -2.62. The molecule has 0 saturated carbocycles. The molecule has 0 radical (unpaired) electrons. The Morgan fingerprint density at radius 3 is 2.24 bits per heavy atom. The van der Waals surface area contributed by atoms with Crippen molar-refractivity contribution >= 4 is 5.57 Å². The zero-order valence-electron chi connectivity index (χ0n) is 25.7. The lowest BCUT2D eigenvalue weighted by Crippen LogP contribution is -2.52. The number of allylic oxidation sites excluding steroid dienone is 7. The summed E-state index contributed by atoms with van der Waals surface area (Å²) in [6.45, 7) is 37.8. The minimum atomic E-state index is -0.0908. The number of fused-ring (bicyclic) bond motifs is 3. The van der Waals surface area contributed by atoms with Crippen molar-refractivity contribution in [2.24, 2.45) is 22.2 Å². The van der Waals surface area contributed by atoms with Crippen LogP contribution in [0.3, 0.4) is 0 Å². The number of benzene rings is 1. The molecule has 0 amide bonds. The summed E-state index contributed by atoms with van der Waals surface area (Å²) in [7, 11) is 0. The molecule has 0 aliphatic heterocycles. The van der Waals surface area contributed by atoms with E-state index >= 15 is 0 Å². The van der Waals surface area contributed by atoms with Crippen LogP contribution in [0.15, 0.2) is 59.2 Å². The van der Waals surface area contributed by atoms with Crippen LogP contribution in [0.4, 0.5) is 0 Å². The molecule has 4 rings (SSSR count). The van der Waals surface area contributed by atoms with Crippen molar-refractivity contribution in [2.75, 3.05) is 0 Å². The van der Waals surface area contributed by atoms with Gasteiger partial charge in [-0.25, -0.2) is 0 Å². The summed E-state index contributed by atoms with van der Waals surface area (Å²) in [5.41, 5.74) is 17.3. The molecule has 0 N–H and O–H groups in total. The number of aryl methyl sites for hydroxylation is 2. The van der Waals surface area contributed by atoms with Crippen molar-refractivity contribution in [1.29, 1.82) is 0 Å². The summed E-state index contributed by atoms with van der Waals surface area (Å²) in [6, 6.07) is 2.55. The molecule has 0 heterocycles. The quantitative estimate of drug-likeness (QED) is 0.367. The SMILES string of the molecule is C=C(C)C1=C(C)C[C@@]2(C)C[C@@]3(C)Cc4c(CC)cc(CCCC(C)C)c(C)c4C(=C)C3=C(C)[C@@]2(C)C1=C. The zero-order chi connectivity index (χ0) is 27.7. The largest absolute Gasteiger partial charge is 0.0955 e. The van der Waals surface area contributed by atoms with Gasteiger partial charge in [-0.2, -0.15) is 0 Å². The number of hydrogen-bond donors (Lipinski definition) is 0. The van der Waals surface area contributed by atoms with E-state index in [0.29, 0.717) is 0 Å². The molecule has 37 heavy (non-hydrogen) atoms. The zero-order valence-corrected chi connectivity index (χ0v) is 25.7. The predicted octanol–water partition coefficient (Wildman–Crippen LogP) is 10.7. The highest BCUT2D eigenvalue weighted by Crippen LogP contribution is 2.70. The van der Waals surface area contributed by atoms with Crippen molar-refractivity contribution in [3.05, 3.63) is 87.1 Å². The molecular formula is C37H52. The lowest BCUT2D eigenvalue weighted by atomic mass is 9.41. The lowest BCUT2D eigenvalue weighted by molar-refractivity contribution is 0.0543. The van der Waals surface area contributed by atoms with Crippen LogP contribution in [-0.4, -0.2) is 0 Å². The van der Waals surface area contributed by atoms with E-state index in [1.165, 1.54) is 75.8 Å². The van der Waals surface area contributed by atoms with Crippen LogP contribution in [0.5, 0.6) is 0 Å². The Morgan fingerprint density at radius 1 is 1.03 bits per heavy atom. The van der Waals surface area contributed by atoms with Gasteiger partial charge in [0.15, 0.2) is 0 Å². The van der Waals surface area contributed by atoms with Crippen LogP contribution in [-0.2, 0) is 19.3 Å². The number of hydrogen-bond acceptors (Lipinski definition) is 0. The fraction of sp³-hybridized carbons (Fsp3) is 0.568. The van der Waals surface area contributed by atoms with E-state index in [4.69, 9.17) is 13.2 Å². The summed E-state index contributed by atoms with van der Waals surface area (Å²) >= 11 is 0. The average Bonchev–Trinajstić information content (AvgIpc) is 2.77. The summed E-state index contributed by atoms with van der Waals surface area (Å²) in [4.78, 5) is 0. The Kier molecular flexibility index (Phi) is 7.01. The van der Waals surface area contributed by atoms with Crippen LogP contribution < -0.4 is 0 Å². The van der Waals surface area contributed by atoms with Crippen molar-refractivity contribution in [2.45, 2.75) is 114 Å². The van der Waals surface area contributed by atoms with Gasteiger partial charge in [0.25, 0.3) is 0 Å². The minimum absolute atomic E-state index is 0.0908. The second-order valence-electron chi connectivity index (χ2n) is 14.0. The second-order valence-corrected chi connectivity index (χ2v) is 14.0. The molecule has 200 valence electrons. The summed E-state index contributed by atoms with van der Waals surface area (Å²) in [5, 5.41) is 0. The molecule has 3 aliphatic carbocycles. The summed E-state index contributed by atoms with van der Waals surface area (Å²) in [5.74, 6) is 0.759. The van der Waals surface area contributed by atoms with E-state index in [9.17, 15) is 0 Å². The number of rotatable bonds is 6. The van der Waals surface area contributed by atoms with Gasteiger partial charge >= 0.3 is 0 Å². The molecule has 0 fully saturated rings. The fourth-order valence-electron chi connectivity index (χ4n) is 9.01. The maximum atomic E-state index is 4.89. The van der Waals surface area contributed by atoms with Gasteiger partial charge < -0.3 is 0 Å². The monoisotopic (exact) mass is 496 g/mol. The van der Waals surface area contributed by atoms with E-state index in [0.717, 1.165) is 30.8 Å². The minimum Gasteiger partial charge on any atom is -0.0955 e. The molecular weight excluding hydrogens is 444 g/mol. The first-order valence-electron chi connectivity index (χ1n) is 14.7. The topological polar surface area (TPSA) is 0 Å². The first-order chi connectivity index (χ1) is 17.1. The Morgan fingerprint density at radius 2 is 1.68 bits per heavy atom. The average molecular weight is 497 g/mol. The van der Waals surface area contributed by atoms with Gasteiger partial charge in [-0.15, -0.1) is 0 Å². The predicted molar refractivity (Wildman–Crippen MR) is 164 cm³/mol. The Bertz CT molecular complexity index is 1260. The standard InChI is InChI=1S/C37H52/c1-14-29-18-30(17-15-16-22(2)3)25(7)33-26(8)34-28(10)37(13)27(9)32(23(4)5)24(6)19-36(37,12)21-35(34,11)20-31(29)33/h18,22H,4,8-9,14-17,19-21H2,1-3,5-7,10-13H3/t35-,36+,37-/m1/s1. The van der Waals surface area contributed by atoms with E-state index in [1.54, 1.807) is 11.1 Å². The van der Waals surface area contributed by atoms with Gasteiger partial charge in [0.1, 0.15) is 0 Å². The highest BCUT2D eigenvalue weighted by atomic mass is 14.6. The second kappa shape index (κ2) is 9.29. The van der Waals surface area contributed by atoms with Gasteiger partial charge in [-0.3, -0.25) is 0 Å². The molecule has 0 bridgehead atoms. The Balaban J connectivity index is 1.93. The normalized spacial score (nSPS) is 29.5. The van der Waals surface area contributed by atoms with E-state index in [1.807, 2.05) is 0 Å². The molecule has 0 unspecified atom stereocenters. The van der Waals surface area contributed by atoms with E-state index in [2.05, 4.69) is 81.9 Å². The molecule has 0 aromatic heterocycles. The van der Waals surface area contributed by atoms with Crippen LogP contribution in [0.25, 0.3) is 5.57 Å².